The molecule has 0 saturated heterocycles. The monoisotopic (exact) mass is 271 g/mol. The lowest BCUT2D eigenvalue weighted by Crippen LogP contribution is -2.04. The second-order valence-electron chi connectivity index (χ2n) is 3.70. The molecule has 0 atom stereocenters. The fourth-order valence-electron chi connectivity index (χ4n) is 1.46. The van der Waals surface area contributed by atoms with E-state index in [9.17, 15) is 8.42 Å². The second kappa shape index (κ2) is 5.12. The van der Waals surface area contributed by atoms with Gasteiger partial charge < -0.3 is 0 Å². The number of para-hydroxylation sites is 1. The molecule has 0 fully saturated rings. The van der Waals surface area contributed by atoms with Gasteiger partial charge in [0, 0.05) is 6.42 Å². The highest BCUT2D eigenvalue weighted by molar-refractivity contribution is 7.85. The van der Waals surface area contributed by atoms with Crippen molar-refractivity contribution in [3.8, 4) is 0 Å². The Kier molecular flexibility index (Phi) is 3.76. The van der Waals surface area contributed by atoms with Crippen LogP contribution in [0.4, 0.5) is 0 Å². The fourth-order valence-corrected chi connectivity index (χ4v) is 2.89. The van der Waals surface area contributed by atoms with Crippen molar-refractivity contribution in [2.45, 2.75) is 12.8 Å². The molecule has 0 aliphatic carbocycles. The summed E-state index contributed by atoms with van der Waals surface area (Å²) in [5, 5.41) is 1.02. The van der Waals surface area contributed by atoms with Crippen LogP contribution in [0, 0.1) is 0 Å². The van der Waals surface area contributed by atoms with E-state index in [1.165, 1.54) is 0 Å². The summed E-state index contributed by atoms with van der Waals surface area (Å²) < 4.78 is 27.3. The largest absolute Gasteiger partial charge is 0.270 e. The molecule has 6 heteroatoms. The average Bonchev–Trinajstić information content (AvgIpc) is 2.65. The van der Waals surface area contributed by atoms with Crippen molar-refractivity contribution in [1.29, 1.82) is 0 Å². The van der Waals surface area contributed by atoms with Gasteiger partial charge in [-0.1, -0.05) is 12.1 Å². The van der Waals surface area contributed by atoms with Gasteiger partial charge in [0.15, 0.2) is 0 Å². The van der Waals surface area contributed by atoms with Gasteiger partial charge in [-0.2, -0.15) is 8.42 Å². The summed E-state index contributed by atoms with van der Waals surface area (Å²) in [6.45, 7) is 0.217. The Morgan fingerprint density at radius 2 is 2.12 bits per heavy atom. The topological polar surface area (TPSA) is 56.3 Å². The van der Waals surface area contributed by atoms with Crippen molar-refractivity contribution in [2.75, 3.05) is 12.9 Å². The Labute approximate surface area is 104 Å². The van der Waals surface area contributed by atoms with E-state index in [2.05, 4.69) is 9.17 Å². The summed E-state index contributed by atoms with van der Waals surface area (Å²) in [5.41, 5.74) is 0.997. The predicted molar refractivity (Wildman–Crippen MR) is 68.7 cm³/mol. The molecule has 0 aliphatic rings. The summed E-state index contributed by atoms with van der Waals surface area (Å²) in [6.07, 6.45) is 2.46. The van der Waals surface area contributed by atoms with Gasteiger partial charge in [0.05, 0.1) is 28.1 Å². The van der Waals surface area contributed by atoms with E-state index in [-0.39, 0.29) is 6.61 Å². The molecule has 2 aromatic rings. The number of rotatable bonds is 5. The lowest BCUT2D eigenvalue weighted by atomic mass is 10.3. The highest BCUT2D eigenvalue weighted by atomic mass is 32.2. The molecular weight excluding hydrogens is 258 g/mol. The first-order chi connectivity index (χ1) is 8.04. The van der Waals surface area contributed by atoms with Crippen molar-refractivity contribution in [1.82, 2.24) is 4.98 Å². The van der Waals surface area contributed by atoms with Gasteiger partial charge in [-0.3, -0.25) is 4.18 Å². The molecule has 0 amide bonds. The van der Waals surface area contributed by atoms with E-state index < -0.39 is 10.1 Å². The minimum atomic E-state index is -3.32. The Bertz CT molecular complexity index is 571. The molecule has 0 unspecified atom stereocenters. The number of nitrogens with zero attached hydrogens (tertiary/aromatic N) is 1. The van der Waals surface area contributed by atoms with E-state index in [1.54, 1.807) is 11.3 Å². The summed E-state index contributed by atoms with van der Waals surface area (Å²) in [6, 6.07) is 7.95. The third-order valence-corrected chi connectivity index (χ3v) is 3.86. The van der Waals surface area contributed by atoms with Gasteiger partial charge in [-0.15, -0.1) is 11.3 Å². The number of hydrogen-bond donors (Lipinski definition) is 0. The first-order valence-electron chi connectivity index (χ1n) is 5.23. The lowest BCUT2D eigenvalue weighted by molar-refractivity contribution is 0.316. The normalized spacial score (nSPS) is 12.1. The zero-order valence-electron chi connectivity index (χ0n) is 9.42. The Morgan fingerprint density at radius 1 is 1.35 bits per heavy atom. The number of aromatic nitrogens is 1. The van der Waals surface area contributed by atoms with Crippen molar-refractivity contribution < 1.29 is 12.6 Å². The van der Waals surface area contributed by atoms with E-state index in [0.29, 0.717) is 6.42 Å². The van der Waals surface area contributed by atoms with Gasteiger partial charge in [0.25, 0.3) is 10.1 Å². The van der Waals surface area contributed by atoms with Crippen LogP contribution < -0.4 is 0 Å². The molecule has 0 spiro atoms. The number of aryl methyl sites for hydroxylation is 1. The van der Waals surface area contributed by atoms with Crippen LogP contribution in [0.1, 0.15) is 11.4 Å². The van der Waals surface area contributed by atoms with Crippen molar-refractivity contribution in [3.05, 3.63) is 29.3 Å². The molecule has 92 valence electrons. The van der Waals surface area contributed by atoms with Gasteiger partial charge in [0.2, 0.25) is 0 Å². The van der Waals surface area contributed by atoms with Gasteiger partial charge in [-0.05, 0) is 18.6 Å². The molecule has 1 aromatic carbocycles. The van der Waals surface area contributed by atoms with Crippen LogP contribution in [-0.2, 0) is 20.7 Å². The van der Waals surface area contributed by atoms with Crippen LogP contribution in [0.25, 0.3) is 10.2 Å². The van der Waals surface area contributed by atoms with Crippen molar-refractivity contribution in [3.63, 3.8) is 0 Å². The zero-order valence-corrected chi connectivity index (χ0v) is 11.1. The maximum Gasteiger partial charge on any atom is 0.264 e. The summed E-state index contributed by atoms with van der Waals surface area (Å²) in [4.78, 5) is 4.46. The Hall–Kier alpha value is -0.980. The van der Waals surface area contributed by atoms with Crippen molar-refractivity contribution in [2.24, 2.45) is 0 Å². The Morgan fingerprint density at radius 3 is 2.82 bits per heavy atom. The number of hydrogen-bond acceptors (Lipinski definition) is 5. The van der Waals surface area contributed by atoms with Gasteiger partial charge in [0.1, 0.15) is 0 Å². The van der Waals surface area contributed by atoms with Crippen LogP contribution in [0.3, 0.4) is 0 Å². The first kappa shape index (κ1) is 12.5. The van der Waals surface area contributed by atoms with E-state index in [4.69, 9.17) is 0 Å². The van der Waals surface area contributed by atoms with E-state index >= 15 is 0 Å². The molecular formula is C11H13NO3S2. The smallest absolute Gasteiger partial charge is 0.264 e. The van der Waals surface area contributed by atoms with Crippen molar-refractivity contribution >= 4 is 31.7 Å². The third kappa shape index (κ3) is 3.76. The fraction of sp³-hybridized carbons (Fsp3) is 0.364. The maximum atomic E-state index is 10.7. The highest BCUT2D eigenvalue weighted by Crippen LogP contribution is 2.22. The minimum absolute atomic E-state index is 0.217. The molecule has 0 aliphatic heterocycles. The van der Waals surface area contributed by atoms with Crippen LogP contribution >= 0.6 is 11.3 Å². The average molecular weight is 271 g/mol. The summed E-state index contributed by atoms with van der Waals surface area (Å²) >= 11 is 1.64. The van der Waals surface area contributed by atoms with Crippen LogP contribution in [-0.4, -0.2) is 26.3 Å². The summed E-state index contributed by atoms with van der Waals surface area (Å²) in [7, 11) is -3.32. The van der Waals surface area contributed by atoms with Crippen LogP contribution in [0.15, 0.2) is 24.3 Å². The van der Waals surface area contributed by atoms with Gasteiger partial charge in [-0.25, -0.2) is 4.98 Å². The van der Waals surface area contributed by atoms with E-state index in [0.717, 1.165) is 27.9 Å². The van der Waals surface area contributed by atoms with E-state index in [1.807, 2.05) is 24.3 Å². The molecule has 1 aromatic heterocycles. The molecule has 0 saturated carbocycles. The summed E-state index contributed by atoms with van der Waals surface area (Å²) in [5.74, 6) is 0. The van der Waals surface area contributed by atoms with Crippen LogP contribution in [0.5, 0.6) is 0 Å². The molecule has 4 nitrogen and oxygen atoms in total. The number of thiazole rings is 1. The molecule has 1 heterocycles. The number of benzene rings is 1. The standard InChI is InChI=1S/C11H13NO3S2/c1-17(13,14)15-8-4-7-11-12-9-5-2-3-6-10(9)16-11/h2-3,5-6H,4,7-8H2,1H3. The maximum absolute atomic E-state index is 10.7. The minimum Gasteiger partial charge on any atom is -0.270 e. The highest BCUT2D eigenvalue weighted by Gasteiger charge is 2.04. The van der Waals surface area contributed by atoms with Gasteiger partial charge >= 0.3 is 0 Å². The second-order valence-corrected chi connectivity index (χ2v) is 6.46. The molecule has 17 heavy (non-hydrogen) atoms. The molecule has 2 rings (SSSR count). The predicted octanol–water partition coefficient (Wildman–Crippen LogP) is 2.21. The Balaban J connectivity index is 1.91. The third-order valence-electron chi connectivity index (χ3n) is 2.17. The molecule has 0 radical (unpaired) electrons. The molecule has 0 N–H and O–H groups in total. The zero-order chi connectivity index (χ0) is 12.3. The van der Waals surface area contributed by atoms with Crippen LogP contribution in [0.2, 0.25) is 0 Å². The lowest BCUT2D eigenvalue weighted by Gasteiger charge is -1.98. The molecule has 0 bridgehead atoms. The quantitative estimate of drug-likeness (QED) is 0.618. The SMILES string of the molecule is CS(=O)(=O)OCCCc1nc2ccccc2s1. The number of fused-ring (bicyclic) bond motifs is 1. The first-order valence-corrected chi connectivity index (χ1v) is 7.87.